The second kappa shape index (κ2) is 13.1. The van der Waals surface area contributed by atoms with Gasteiger partial charge in [0.15, 0.2) is 0 Å². The highest BCUT2D eigenvalue weighted by Gasteiger charge is 2.10. The number of anilines is 2. The number of benzene rings is 2. The molecule has 0 bridgehead atoms. The Labute approximate surface area is 224 Å². The summed E-state index contributed by atoms with van der Waals surface area (Å²) in [4.78, 5) is 20.8. The molecule has 182 valence electrons. The summed E-state index contributed by atoms with van der Waals surface area (Å²) in [5.41, 5.74) is 4.03. The van der Waals surface area contributed by atoms with E-state index in [-0.39, 0.29) is 11.7 Å². The Hall–Kier alpha value is -4.31. The van der Waals surface area contributed by atoms with Crippen LogP contribution in [-0.2, 0) is 11.2 Å². The van der Waals surface area contributed by atoms with Gasteiger partial charge in [-0.1, -0.05) is 47.8 Å². The van der Waals surface area contributed by atoms with Gasteiger partial charge in [0, 0.05) is 12.4 Å². The van der Waals surface area contributed by atoms with Gasteiger partial charge >= 0.3 is 0 Å². The molecule has 4 aromatic rings. The molecule has 4 rings (SSSR count). The highest BCUT2D eigenvalue weighted by atomic mass is 32.2. The largest absolute Gasteiger partial charge is 0.375 e. The van der Waals surface area contributed by atoms with Crippen LogP contribution in [-0.4, -0.2) is 27.5 Å². The van der Waals surface area contributed by atoms with E-state index in [2.05, 4.69) is 32.7 Å². The number of hydrogen-bond donors (Lipinski definition) is 2. The van der Waals surface area contributed by atoms with E-state index in [0.29, 0.717) is 29.1 Å². The van der Waals surface area contributed by atoms with E-state index in [4.69, 9.17) is 0 Å². The van der Waals surface area contributed by atoms with Gasteiger partial charge in [-0.15, -0.1) is 0 Å². The van der Waals surface area contributed by atoms with Crippen molar-refractivity contribution in [2.45, 2.75) is 16.5 Å². The molecule has 2 aromatic heterocycles. The van der Waals surface area contributed by atoms with E-state index in [1.54, 1.807) is 36.3 Å². The molecule has 0 aliphatic carbocycles. The number of carbonyl (C=O) groups excluding carboxylic acids is 1. The van der Waals surface area contributed by atoms with Crippen LogP contribution in [0.3, 0.4) is 0 Å². The molecule has 9 heteroatoms. The average Bonchev–Trinajstić information content (AvgIpc) is 2.94. The van der Waals surface area contributed by atoms with Crippen molar-refractivity contribution in [2.24, 2.45) is 0 Å². The van der Waals surface area contributed by atoms with E-state index in [9.17, 15) is 15.3 Å². The van der Waals surface area contributed by atoms with Crippen molar-refractivity contribution in [3.8, 4) is 12.1 Å². The van der Waals surface area contributed by atoms with Crippen LogP contribution in [0.15, 0.2) is 95.2 Å². The third kappa shape index (κ3) is 7.58. The second-order valence-electron chi connectivity index (χ2n) is 7.80. The molecule has 2 N–H and O–H groups in total. The number of hydrogen-bond acceptors (Lipinski definition) is 8. The smallest absolute Gasteiger partial charge is 0.234 e. The van der Waals surface area contributed by atoms with Crippen molar-refractivity contribution in [3.63, 3.8) is 0 Å². The minimum atomic E-state index is -0.206. The van der Waals surface area contributed by atoms with Gasteiger partial charge in [0.25, 0.3) is 0 Å². The van der Waals surface area contributed by atoms with Crippen LogP contribution in [0.25, 0.3) is 0 Å². The van der Waals surface area contributed by atoms with E-state index < -0.39 is 0 Å². The van der Waals surface area contributed by atoms with E-state index in [1.165, 1.54) is 11.8 Å². The molecule has 0 fully saturated rings. The van der Waals surface area contributed by atoms with E-state index >= 15 is 0 Å². The molecule has 0 aliphatic rings. The Morgan fingerprint density at radius 3 is 1.97 bits per heavy atom. The van der Waals surface area contributed by atoms with Gasteiger partial charge in [-0.2, -0.15) is 10.5 Å². The lowest BCUT2D eigenvalue weighted by atomic mass is 10.00. The predicted molar refractivity (Wildman–Crippen MR) is 147 cm³/mol. The zero-order chi connectivity index (χ0) is 25.9. The predicted octanol–water partition coefficient (Wildman–Crippen LogP) is 5.70. The fraction of sp³-hybridized carbons (Fsp3) is 0.107. The number of rotatable bonds is 10. The monoisotopic (exact) mass is 522 g/mol. The number of thioether (sulfide) groups is 2. The third-order valence-electron chi connectivity index (χ3n) is 5.20. The van der Waals surface area contributed by atoms with Crippen LogP contribution in [0.1, 0.15) is 22.3 Å². The first-order valence-electron chi connectivity index (χ1n) is 11.3. The van der Waals surface area contributed by atoms with Crippen molar-refractivity contribution in [2.75, 3.05) is 22.3 Å². The van der Waals surface area contributed by atoms with Crippen LogP contribution in [0.5, 0.6) is 0 Å². The van der Waals surface area contributed by atoms with Gasteiger partial charge < -0.3 is 10.6 Å². The maximum Gasteiger partial charge on any atom is 0.234 e. The molecule has 37 heavy (non-hydrogen) atoms. The zero-order valence-electron chi connectivity index (χ0n) is 19.7. The summed E-state index contributed by atoms with van der Waals surface area (Å²) < 4.78 is 0. The first-order valence-corrected chi connectivity index (χ1v) is 13.3. The number of carbonyl (C=O) groups is 1. The molecule has 2 aromatic carbocycles. The summed E-state index contributed by atoms with van der Waals surface area (Å²) in [5.74, 6) is 0.577. The zero-order valence-corrected chi connectivity index (χ0v) is 21.4. The Balaban J connectivity index is 1.36. The minimum Gasteiger partial charge on any atom is -0.375 e. The maximum atomic E-state index is 12.4. The number of nitrogens with zero attached hydrogens (tertiary/aromatic N) is 4. The van der Waals surface area contributed by atoms with E-state index in [0.717, 1.165) is 26.9 Å². The first kappa shape index (κ1) is 25.8. The molecule has 0 unspecified atom stereocenters. The standard InChI is InChI=1S/C28H22N6OS2/c29-16-22-14-20(7-9-24(22)33-19-37-28-6-2-4-12-32-28)13-21-8-10-25(23(15-21)17-30)34-26(35)18-36-27-5-1-3-11-31-27/h1-12,14-15,33H,13,18-19H2,(H,34,35). The van der Waals surface area contributed by atoms with Crippen LogP contribution in [0, 0.1) is 22.7 Å². The molecule has 0 saturated heterocycles. The molecule has 0 atom stereocenters. The molecule has 2 heterocycles. The number of amides is 1. The van der Waals surface area contributed by atoms with Crippen molar-refractivity contribution < 1.29 is 4.79 Å². The number of nitriles is 2. The Morgan fingerprint density at radius 2 is 1.38 bits per heavy atom. The lowest BCUT2D eigenvalue weighted by molar-refractivity contribution is -0.113. The number of aromatic nitrogens is 2. The van der Waals surface area contributed by atoms with Gasteiger partial charge in [-0.05, 0) is 66.1 Å². The summed E-state index contributed by atoms with van der Waals surface area (Å²) in [5, 5.41) is 27.0. The van der Waals surface area contributed by atoms with Gasteiger partial charge in [0.2, 0.25) is 5.91 Å². The quantitative estimate of drug-likeness (QED) is 0.201. The summed E-state index contributed by atoms with van der Waals surface area (Å²) in [7, 11) is 0. The molecule has 0 spiro atoms. The molecular formula is C28H22N6OS2. The Kier molecular flexibility index (Phi) is 9.14. The molecule has 0 radical (unpaired) electrons. The van der Waals surface area contributed by atoms with Gasteiger partial charge in [-0.3, -0.25) is 4.79 Å². The van der Waals surface area contributed by atoms with Gasteiger partial charge in [0.05, 0.1) is 44.2 Å². The summed E-state index contributed by atoms with van der Waals surface area (Å²) >= 11 is 2.89. The van der Waals surface area contributed by atoms with Crippen LogP contribution >= 0.6 is 23.5 Å². The SMILES string of the molecule is N#Cc1cc(Cc2ccc(NC(=O)CSc3ccccn3)c(C#N)c2)ccc1NCSc1ccccn1. The number of nitrogens with one attached hydrogen (secondary N) is 2. The molecule has 0 aliphatic heterocycles. The van der Waals surface area contributed by atoms with Gasteiger partial charge in [0.1, 0.15) is 12.1 Å². The van der Waals surface area contributed by atoms with Crippen molar-refractivity contribution >= 4 is 40.8 Å². The van der Waals surface area contributed by atoms with Crippen LogP contribution in [0.2, 0.25) is 0 Å². The minimum absolute atomic E-state index is 0.196. The summed E-state index contributed by atoms with van der Waals surface area (Å²) in [6, 6.07) is 26.8. The highest BCUT2D eigenvalue weighted by molar-refractivity contribution is 8.00. The molecule has 1 amide bonds. The average molecular weight is 523 g/mol. The summed E-state index contributed by atoms with van der Waals surface area (Å²) in [6.07, 6.45) is 3.98. The lowest BCUT2D eigenvalue weighted by Crippen LogP contribution is -2.15. The van der Waals surface area contributed by atoms with Crippen molar-refractivity contribution in [3.05, 3.63) is 107 Å². The van der Waals surface area contributed by atoms with E-state index in [1.807, 2.05) is 60.7 Å². The highest BCUT2D eigenvalue weighted by Crippen LogP contribution is 2.24. The fourth-order valence-electron chi connectivity index (χ4n) is 3.47. The normalized spacial score (nSPS) is 10.2. The van der Waals surface area contributed by atoms with Crippen LogP contribution in [0.4, 0.5) is 11.4 Å². The topological polar surface area (TPSA) is 114 Å². The van der Waals surface area contributed by atoms with Crippen LogP contribution < -0.4 is 10.6 Å². The van der Waals surface area contributed by atoms with Crippen molar-refractivity contribution in [1.29, 1.82) is 10.5 Å². The Bertz CT molecular complexity index is 1450. The Morgan fingerprint density at radius 1 is 0.784 bits per heavy atom. The van der Waals surface area contributed by atoms with Crippen molar-refractivity contribution in [1.82, 2.24) is 9.97 Å². The fourth-order valence-corrected chi connectivity index (χ4v) is 4.81. The number of pyridine rings is 2. The lowest BCUT2D eigenvalue weighted by Gasteiger charge is -2.11. The molecular weight excluding hydrogens is 500 g/mol. The van der Waals surface area contributed by atoms with Gasteiger partial charge in [-0.25, -0.2) is 9.97 Å². The molecule has 7 nitrogen and oxygen atoms in total. The summed E-state index contributed by atoms with van der Waals surface area (Å²) in [6.45, 7) is 0. The molecule has 0 saturated carbocycles. The second-order valence-corrected chi connectivity index (χ2v) is 9.79. The first-order chi connectivity index (χ1) is 18.1. The third-order valence-corrected chi connectivity index (χ3v) is 6.97. The maximum absolute atomic E-state index is 12.4.